The summed E-state index contributed by atoms with van der Waals surface area (Å²) in [5, 5.41) is 4.38. The molecule has 0 saturated heterocycles. The molecule has 0 fully saturated rings. The van der Waals surface area contributed by atoms with Gasteiger partial charge in [-0.05, 0) is 143 Å². The van der Waals surface area contributed by atoms with Crippen molar-refractivity contribution in [3.8, 4) is 56.4 Å². The molecule has 0 aliphatic heterocycles. The second kappa shape index (κ2) is 35.3. The minimum Gasteiger partial charge on any atom is -0.493 e. The molecule has 10 nitrogen and oxygen atoms in total. The van der Waals surface area contributed by atoms with Crippen LogP contribution in [-0.4, -0.2) is 50.3 Å². The molecule has 8 aromatic carbocycles. The van der Waals surface area contributed by atoms with Gasteiger partial charge in [-0.3, -0.25) is 9.59 Å². The molecule has 450 valence electrons. The van der Waals surface area contributed by atoms with Crippen molar-refractivity contribution in [2.24, 2.45) is 0 Å². The van der Waals surface area contributed by atoms with Crippen molar-refractivity contribution in [3.05, 3.63) is 181 Å². The van der Waals surface area contributed by atoms with E-state index in [-0.39, 0.29) is 23.9 Å². The van der Waals surface area contributed by atoms with Gasteiger partial charge in [0.25, 0.3) is 0 Å². The van der Waals surface area contributed by atoms with Crippen LogP contribution in [0.3, 0.4) is 0 Å². The summed E-state index contributed by atoms with van der Waals surface area (Å²) >= 11 is 0. The largest absolute Gasteiger partial charge is 0.493 e. The van der Waals surface area contributed by atoms with Gasteiger partial charge < -0.3 is 28.4 Å². The topological polar surface area (TPSA) is 124 Å². The highest BCUT2D eigenvalue weighted by atomic mass is 16.5. The van der Waals surface area contributed by atoms with Crippen molar-refractivity contribution in [3.63, 3.8) is 0 Å². The van der Waals surface area contributed by atoms with Crippen LogP contribution in [0.4, 0.5) is 0 Å². The molecule has 0 bridgehead atoms. The van der Waals surface area contributed by atoms with Gasteiger partial charge in [-0.1, -0.05) is 213 Å². The van der Waals surface area contributed by atoms with Crippen molar-refractivity contribution in [2.45, 2.75) is 155 Å². The van der Waals surface area contributed by atoms with E-state index in [4.69, 9.17) is 28.4 Å². The van der Waals surface area contributed by atoms with E-state index in [0.717, 1.165) is 131 Å². The molecule has 86 heavy (non-hydrogen) atoms. The third-order valence-electron chi connectivity index (χ3n) is 15.6. The Morgan fingerprint density at radius 2 is 0.640 bits per heavy atom. The zero-order valence-corrected chi connectivity index (χ0v) is 50.6. The highest BCUT2D eigenvalue weighted by Crippen LogP contribution is 2.46. The molecule has 0 aliphatic rings. The lowest BCUT2D eigenvalue weighted by Gasteiger charge is -2.20. The van der Waals surface area contributed by atoms with Crippen LogP contribution in [-0.2, 0) is 19.1 Å². The normalized spacial score (nSPS) is 11.1. The molecule has 0 saturated carbocycles. The van der Waals surface area contributed by atoms with E-state index in [1.165, 1.54) is 51.4 Å². The summed E-state index contributed by atoms with van der Waals surface area (Å²) < 4.78 is 35.7. The molecule has 8 aromatic rings. The highest BCUT2D eigenvalue weighted by molar-refractivity contribution is 6.09. The van der Waals surface area contributed by atoms with Crippen LogP contribution >= 0.6 is 0 Å². The Morgan fingerprint density at radius 1 is 0.314 bits per heavy atom. The van der Waals surface area contributed by atoms with Crippen molar-refractivity contribution in [1.82, 2.24) is 0 Å². The lowest BCUT2D eigenvalue weighted by atomic mass is 9.92. The molecule has 10 heteroatoms. The Balaban J connectivity index is 0.750. The fraction of sp³-hybridized carbons (Fsp3) is 0.368. The Bertz CT molecular complexity index is 3140. The van der Waals surface area contributed by atoms with Crippen LogP contribution in [0.5, 0.6) is 23.0 Å². The van der Waals surface area contributed by atoms with Crippen LogP contribution in [0, 0.1) is 0 Å². The summed E-state index contributed by atoms with van der Waals surface area (Å²) in [4.78, 5) is 50.8. The van der Waals surface area contributed by atoms with Gasteiger partial charge >= 0.3 is 23.9 Å². The number of esters is 4. The van der Waals surface area contributed by atoms with E-state index < -0.39 is 0 Å². The van der Waals surface area contributed by atoms with E-state index in [9.17, 15) is 19.2 Å². The van der Waals surface area contributed by atoms with Gasteiger partial charge in [0, 0.05) is 24.0 Å². The van der Waals surface area contributed by atoms with Gasteiger partial charge in [-0.15, -0.1) is 0 Å². The SMILES string of the molecule is CCCCCCCCOC(=O)c1ccc(-c2ccc(OC(=O)CCCCCCOc3ccc4ccccc4c3-c3c(OCCCCCCC(=O)Oc4ccc(-c5ccc(C(=O)OCCCCCCCC)cc5)cc4)ccc4ccccc34)cc2)cc1. The first-order chi connectivity index (χ1) is 42.3. The molecule has 0 atom stereocenters. The lowest BCUT2D eigenvalue weighted by molar-refractivity contribution is -0.135. The number of carbonyl (C=O) groups is 4. The van der Waals surface area contributed by atoms with Crippen LogP contribution in [0.2, 0.25) is 0 Å². The van der Waals surface area contributed by atoms with Gasteiger partial charge in [-0.25, -0.2) is 9.59 Å². The first-order valence-corrected chi connectivity index (χ1v) is 31.7. The van der Waals surface area contributed by atoms with E-state index >= 15 is 0 Å². The molecule has 0 aliphatic carbocycles. The second-order valence-electron chi connectivity index (χ2n) is 22.3. The van der Waals surface area contributed by atoms with E-state index in [1.54, 1.807) is 48.5 Å². The van der Waals surface area contributed by atoms with Gasteiger partial charge in [0.15, 0.2) is 0 Å². The quantitative estimate of drug-likeness (QED) is 0.0211. The maximum absolute atomic E-state index is 12.9. The number of benzene rings is 8. The molecule has 0 spiro atoms. The predicted octanol–water partition coefficient (Wildman–Crippen LogP) is 19.9. The van der Waals surface area contributed by atoms with Gasteiger partial charge in [0.1, 0.15) is 23.0 Å². The average Bonchev–Trinajstić information content (AvgIpc) is 2.82. The lowest BCUT2D eigenvalue weighted by Crippen LogP contribution is -2.07. The number of hydrogen-bond acceptors (Lipinski definition) is 10. The fourth-order valence-corrected chi connectivity index (χ4v) is 10.7. The molecule has 0 amide bonds. The van der Waals surface area contributed by atoms with Crippen LogP contribution in [0.1, 0.15) is 176 Å². The fourth-order valence-electron chi connectivity index (χ4n) is 10.7. The minimum atomic E-state index is -0.299. The molecule has 0 heterocycles. The maximum Gasteiger partial charge on any atom is 0.338 e. The maximum atomic E-state index is 12.9. The Kier molecular flexibility index (Phi) is 26.2. The number of hydrogen-bond donors (Lipinski definition) is 0. The summed E-state index contributed by atoms with van der Waals surface area (Å²) in [6.07, 6.45) is 20.9. The molecule has 0 unspecified atom stereocenters. The Labute approximate surface area is 509 Å². The zero-order chi connectivity index (χ0) is 60.0. The van der Waals surface area contributed by atoms with Crippen molar-refractivity contribution >= 4 is 45.4 Å². The van der Waals surface area contributed by atoms with E-state index in [0.29, 0.717) is 74.7 Å². The second-order valence-corrected chi connectivity index (χ2v) is 22.3. The van der Waals surface area contributed by atoms with Crippen molar-refractivity contribution in [2.75, 3.05) is 26.4 Å². The molecular weight excluding hydrogens is 1070 g/mol. The Morgan fingerprint density at radius 3 is 1.02 bits per heavy atom. The molecule has 8 rings (SSSR count). The number of fused-ring (bicyclic) bond motifs is 2. The number of unbranched alkanes of at least 4 members (excludes halogenated alkanes) is 16. The van der Waals surface area contributed by atoms with E-state index in [2.05, 4.69) is 86.6 Å². The third kappa shape index (κ3) is 19.9. The number of ether oxygens (including phenoxy) is 6. The highest BCUT2D eigenvalue weighted by Gasteiger charge is 2.20. The van der Waals surface area contributed by atoms with E-state index in [1.807, 2.05) is 48.5 Å². The number of carbonyl (C=O) groups excluding carboxylic acids is 4. The third-order valence-corrected chi connectivity index (χ3v) is 15.6. The Hall–Kier alpha value is -8.24. The average molecular weight is 1160 g/mol. The molecule has 0 aromatic heterocycles. The summed E-state index contributed by atoms with van der Waals surface area (Å²) in [7, 11) is 0. The minimum absolute atomic E-state index is 0.260. The summed E-state index contributed by atoms with van der Waals surface area (Å²) in [5.41, 5.74) is 6.90. The smallest absolute Gasteiger partial charge is 0.338 e. The summed E-state index contributed by atoms with van der Waals surface area (Å²) in [6.45, 7) is 6.33. The standard InChI is InChI=1S/C76H86O10/c1-3-5-7-9-13-25-55-83-75(79)63-37-33-57(34-38-63)59-41-47-65(48-42-59)85-71(77)31-17-11-15-23-53-81-69-51-45-61-27-19-21-29-67(61)73(69)74-68-30-22-20-28-62(68)46-52-70(74)82-54-24-16-12-18-32-72(78)86-66-49-43-60(44-50-66)58-35-39-64(40-36-58)76(80)84-56-26-14-10-8-6-4-2/h19-22,27-30,33-52H,3-18,23-26,31-32,53-56H2,1-2H3. The first kappa shape index (κ1) is 63.8. The van der Waals surface area contributed by atoms with Crippen LogP contribution < -0.4 is 18.9 Å². The molecule has 0 radical (unpaired) electrons. The van der Waals surface area contributed by atoms with Gasteiger partial charge in [0.2, 0.25) is 0 Å². The summed E-state index contributed by atoms with van der Waals surface area (Å²) in [5.74, 6) is 1.47. The van der Waals surface area contributed by atoms with Gasteiger partial charge in [0.05, 0.1) is 37.6 Å². The van der Waals surface area contributed by atoms with Crippen LogP contribution in [0.15, 0.2) is 170 Å². The molecule has 0 N–H and O–H groups in total. The van der Waals surface area contributed by atoms with Gasteiger partial charge in [-0.2, -0.15) is 0 Å². The first-order valence-electron chi connectivity index (χ1n) is 31.7. The predicted molar refractivity (Wildman–Crippen MR) is 346 cm³/mol. The molecular formula is C76H86O10. The monoisotopic (exact) mass is 1160 g/mol. The number of rotatable bonds is 37. The van der Waals surface area contributed by atoms with Crippen molar-refractivity contribution < 1.29 is 47.6 Å². The zero-order valence-electron chi connectivity index (χ0n) is 50.6. The van der Waals surface area contributed by atoms with Crippen molar-refractivity contribution in [1.29, 1.82) is 0 Å². The van der Waals surface area contributed by atoms with Crippen LogP contribution in [0.25, 0.3) is 54.9 Å². The summed E-state index contributed by atoms with van der Waals surface area (Å²) in [6, 6.07) is 54.8.